The fraction of sp³-hybridized carbons (Fsp3) is 0.111. The second-order valence-electron chi connectivity index (χ2n) is 6.48. The van der Waals surface area contributed by atoms with Crippen molar-refractivity contribution in [2.24, 2.45) is 0 Å². The molecule has 2 aromatic carbocycles. The van der Waals surface area contributed by atoms with Crippen LogP contribution in [0.25, 0.3) is 0 Å². The van der Waals surface area contributed by atoms with Gasteiger partial charge >= 0.3 is 0 Å². The van der Waals surface area contributed by atoms with Crippen molar-refractivity contribution in [3.63, 3.8) is 0 Å². The largest absolute Gasteiger partial charge is 0.362 e. The van der Waals surface area contributed by atoms with E-state index in [1.54, 1.807) is 0 Å². The van der Waals surface area contributed by atoms with E-state index in [4.69, 9.17) is 0 Å². The van der Waals surface area contributed by atoms with Crippen LogP contribution in [0.1, 0.15) is 18.1 Å². The molecule has 142 valence electrons. The van der Waals surface area contributed by atoms with E-state index in [9.17, 15) is 0 Å². The Balaban J connectivity index is 1.76. The van der Waals surface area contributed by atoms with Gasteiger partial charge < -0.3 is 5.32 Å². The Kier molecular flexibility index (Phi) is 9.10. The van der Waals surface area contributed by atoms with Gasteiger partial charge in [0.15, 0.2) is 0 Å². The lowest BCUT2D eigenvalue weighted by Crippen LogP contribution is -1.92. The molecule has 0 heterocycles. The van der Waals surface area contributed by atoms with E-state index in [0.29, 0.717) is 0 Å². The van der Waals surface area contributed by atoms with Crippen LogP contribution in [0.5, 0.6) is 0 Å². The van der Waals surface area contributed by atoms with Crippen LogP contribution >= 0.6 is 0 Å². The summed E-state index contributed by atoms with van der Waals surface area (Å²) in [4.78, 5) is 0. The molecule has 2 rings (SSSR count). The molecule has 0 unspecified atom stereocenters. The Labute approximate surface area is 169 Å². The molecule has 0 aliphatic heterocycles. The number of benzene rings is 2. The molecular weight excluding hydrogens is 338 g/mol. The van der Waals surface area contributed by atoms with Gasteiger partial charge in [0, 0.05) is 11.9 Å². The average Bonchev–Trinajstić information content (AvgIpc) is 2.73. The highest BCUT2D eigenvalue weighted by molar-refractivity contribution is 5.48. The van der Waals surface area contributed by atoms with Crippen LogP contribution in [0.4, 0.5) is 5.69 Å². The van der Waals surface area contributed by atoms with Gasteiger partial charge in [-0.1, -0.05) is 92.1 Å². The molecule has 0 atom stereocenters. The summed E-state index contributed by atoms with van der Waals surface area (Å²) < 4.78 is 0. The fourth-order valence-electron chi connectivity index (χ4n) is 2.57. The third kappa shape index (κ3) is 7.92. The molecule has 1 N–H and O–H groups in total. The summed E-state index contributed by atoms with van der Waals surface area (Å²) in [6.45, 7) is 10.0. The summed E-state index contributed by atoms with van der Waals surface area (Å²) in [6, 6.07) is 19.2. The summed E-state index contributed by atoms with van der Waals surface area (Å²) in [7, 11) is 0. The first kappa shape index (κ1) is 21.0. The molecule has 0 saturated carbocycles. The summed E-state index contributed by atoms with van der Waals surface area (Å²) in [5, 5.41) is 3.28. The number of hydrogen-bond acceptors (Lipinski definition) is 1. The van der Waals surface area contributed by atoms with Crippen LogP contribution in [-0.4, -0.2) is 0 Å². The van der Waals surface area contributed by atoms with Crippen molar-refractivity contribution in [3.8, 4) is 0 Å². The van der Waals surface area contributed by atoms with Crippen molar-refractivity contribution in [1.29, 1.82) is 0 Å². The molecular formula is C27H29N. The Morgan fingerprint density at radius 2 is 1.32 bits per heavy atom. The van der Waals surface area contributed by atoms with Crippen LogP contribution in [-0.2, 0) is 12.8 Å². The second-order valence-corrected chi connectivity index (χ2v) is 6.48. The number of rotatable bonds is 10. The standard InChI is InChI=1S/C27H29N/c1-4-5-7-12-23(2)24(3)13-10-11-22-28-27-20-18-26(19-21-27)17-16-25-14-8-6-9-15-25/h4-15,18-22,28H,2-3,16-17H2,1H3/b5-4-,12-7-,13-10-,22-11-. The minimum Gasteiger partial charge on any atom is -0.362 e. The lowest BCUT2D eigenvalue weighted by atomic mass is 10.0. The number of nitrogens with one attached hydrogen (secondary N) is 1. The molecule has 0 fully saturated rings. The molecule has 0 spiro atoms. The van der Waals surface area contributed by atoms with Gasteiger partial charge in [-0.05, 0) is 60.2 Å². The zero-order chi connectivity index (χ0) is 20.0. The van der Waals surface area contributed by atoms with E-state index < -0.39 is 0 Å². The highest BCUT2D eigenvalue weighted by atomic mass is 14.8. The minimum absolute atomic E-state index is 0.896. The third-order valence-corrected chi connectivity index (χ3v) is 4.27. The van der Waals surface area contributed by atoms with E-state index >= 15 is 0 Å². The number of anilines is 1. The number of allylic oxidation sites excluding steroid dienone is 9. The molecule has 0 aliphatic rings. The Morgan fingerprint density at radius 3 is 1.93 bits per heavy atom. The minimum atomic E-state index is 0.896. The molecule has 28 heavy (non-hydrogen) atoms. The van der Waals surface area contributed by atoms with Gasteiger partial charge in [-0.3, -0.25) is 0 Å². The molecule has 0 amide bonds. The van der Waals surface area contributed by atoms with E-state index in [2.05, 4.69) is 73.1 Å². The molecule has 0 aromatic heterocycles. The molecule has 0 bridgehead atoms. The SMILES string of the molecule is C=C(/C=C\C=C/C)C(=C)/C=C\C=C/Nc1ccc(CCc2ccccc2)cc1. The van der Waals surface area contributed by atoms with Crippen LogP contribution < -0.4 is 5.32 Å². The van der Waals surface area contributed by atoms with Crippen LogP contribution in [0, 0.1) is 0 Å². The predicted octanol–water partition coefficient (Wildman–Crippen LogP) is 7.20. The molecule has 0 saturated heterocycles. The van der Waals surface area contributed by atoms with Crippen LogP contribution in [0.15, 0.2) is 128 Å². The third-order valence-electron chi connectivity index (χ3n) is 4.27. The zero-order valence-corrected chi connectivity index (χ0v) is 16.6. The first-order valence-corrected chi connectivity index (χ1v) is 9.59. The molecule has 0 radical (unpaired) electrons. The van der Waals surface area contributed by atoms with Crippen molar-refractivity contribution in [2.45, 2.75) is 19.8 Å². The molecule has 2 aromatic rings. The maximum atomic E-state index is 4.02. The summed E-state index contributed by atoms with van der Waals surface area (Å²) >= 11 is 0. The van der Waals surface area contributed by atoms with Crippen molar-refractivity contribution in [3.05, 3.63) is 139 Å². The maximum absolute atomic E-state index is 4.02. The fourth-order valence-corrected chi connectivity index (χ4v) is 2.57. The van der Waals surface area contributed by atoms with Crippen molar-refractivity contribution >= 4 is 5.69 Å². The quantitative estimate of drug-likeness (QED) is 0.438. The monoisotopic (exact) mass is 367 g/mol. The van der Waals surface area contributed by atoms with E-state index in [0.717, 1.165) is 29.7 Å². The van der Waals surface area contributed by atoms with Crippen molar-refractivity contribution in [2.75, 3.05) is 5.32 Å². The van der Waals surface area contributed by atoms with Gasteiger partial charge in [-0.15, -0.1) is 0 Å². The topological polar surface area (TPSA) is 12.0 Å². The summed E-state index contributed by atoms with van der Waals surface area (Å²) in [6.07, 6.45) is 17.8. The van der Waals surface area contributed by atoms with Crippen LogP contribution in [0.3, 0.4) is 0 Å². The van der Waals surface area contributed by atoms with E-state index in [1.165, 1.54) is 11.1 Å². The zero-order valence-electron chi connectivity index (χ0n) is 16.6. The lowest BCUT2D eigenvalue weighted by Gasteiger charge is -2.04. The molecule has 0 aliphatic carbocycles. The normalized spacial score (nSPS) is 11.8. The van der Waals surface area contributed by atoms with Crippen molar-refractivity contribution < 1.29 is 0 Å². The lowest BCUT2D eigenvalue weighted by molar-refractivity contribution is 0.960. The summed E-state index contributed by atoms with van der Waals surface area (Å²) in [5.41, 5.74) is 5.60. The number of hydrogen-bond donors (Lipinski definition) is 1. The Morgan fingerprint density at radius 1 is 0.750 bits per heavy atom. The predicted molar refractivity (Wildman–Crippen MR) is 124 cm³/mol. The highest BCUT2D eigenvalue weighted by Crippen LogP contribution is 2.13. The Bertz CT molecular complexity index is 862. The number of aryl methyl sites for hydroxylation is 2. The second kappa shape index (κ2) is 12.1. The molecule has 1 nitrogen and oxygen atoms in total. The van der Waals surface area contributed by atoms with Gasteiger partial charge in [0.2, 0.25) is 0 Å². The molecule has 1 heteroatoms. The van der Waals surface area contributed by atoms with Gasteiger partial charge in [-0.2, -0.15) is 0 Å². The first-order valence-electron chi connectivity index (χ1n) is 9.59. The van der Waals surface area contributed by atoms with Gasteiger partial charge in [-0.25, -0.2) is 0 Å². The van der Waals surface area contributed by atoms with E-state index in [1.807, 2.05) is 55.7 Å². The Hall–Kier alpha value is -3.32. The first-order chi connectivity index (χ1) is 13.7. The van der Waals surface area contributed by atoms with Gasteiger partial charge in [0.1, 0.15) is 0 Å². The van der Waals surface area contributed by atoms with Gasteiger partial charge in [0.25, 0.3) is 0 Å². The van der Waals surface area contributed by atoms with E-state index in [-0.39, 0.29) is 0 Å². The van der Waals surface area contributed by atoms with Crippen molar-refractivity contribution in [1.82, 2.24) is 0 Å². The summed E-state index contributed by atoms with van der Waals surface area (Å²) in [5.74, 6) is 0. The smallest absolute Gasteiger partial charge is 0.0379 e. The maximum Gasteiger partial charge on any atom is 0.0379 e. The van der Waals surface area contributed by atoms with Gasteiger partial charge in [0.05, 0.1) is 0 Å². The average molecular weight is 368 g/mol. The highest BCUT2D eigenvalue weighted by Gasteiger charge is 1.96. The van der Waals surface area contributed by atoms with Crippen LogP contribution in [0.2, 0.25) is 0 Å².